The number of ether oxygens (including phenoxy) is 1. The van der Waals surface area contributed by atoms with E-state index in [-0.39, 0.29) is 17.0 Å². The number of halogens is 3. The first-order valence-corrected chi connectivity index (χ1v) is 6.89. The van der Waals surface area contributed by atoms with E-state index in [0.29, 0.717) is 6.07 Å². The van der Waals surface area contributed by atoms with E-state index in [4.69, 9.17) is 4.74 Å². The Morgan fingerprint density at radius 1 is 1.32 bits per heavy atom. The fourth-order valence-electron chi connectivity index (χ4n) is 1.51. The molecule has 2 rings (SSSR count). The molecule has 12 heteroatoms. The Hall–Kier alpha value is -2.37. The average molecular weight is 339 g/mol. The quantitative estimate of drug-likeness (QED) is 0.595. The van der Waals surface area contributed by atoms with E-state index in [2.05, 4.69) is 14.2 Å². The number of hydrogen-bond acceptors (Lipinski definition) is 7. The van der Waals surface area contributed by atoms with Crippen molar-refractivity contribution in [2.75, 3.05) is 7.11 Å². The molecule has 8 nitrogen and oxygen atoms in total. The molecule has 0 amide bonds. The number of methoxy groups -OCH3 is 1. The maximum absolute atomic E-state index is 12.4. The van der Waals surface area contributed by atoms with E-state index < -0.39 is 26.9 Å². The topological polar surface area (TPSA) is 100 Å². The van der Waals surface area contributed by atoms with Crippen molar-refractivity contribution in [2.45, 2.75) is 5.51 Å². The number of rotatable bonds is 3. The van der Waals surface area contributed by atoms with Crippen LogP contribution in [0.25, 0.3) is 11.0 Å². The summed E-state index contributed by atoms with van der Waals surface area (Å²) in [6.45, 7) is 0. The Morgan fingerprint density at radius 2 is 1.95 bits per heavy atom. The first-order chi connectivity index (χ1) is 10.1. The summed E-state index contributed by atoms with van der Waals surface area (Å²) in [4.78, 5) is 19.1. The number of pyridine rings is 1. The largest absolute Gasteiger partial charge is 0.534 e. The lowest BCUT2D eigenvalue weighted by Gasteiger charge is -2.12. The first-order valence-electron chi connectivity index (χ1n) is 5.48. The van der Waals surface area contributed by atoms with Crippen molar-refractivity contribution in [1.82, 2.24) is 14.5 Å². The maximum Gasteiger partial charge on any atom is 0.534 e. The molecule has 120 valence electrons. The molecule has 0 fully saturated rings. The third kappa shape index (κ3) is 2.68. The van der Waals surface area contributed by atoms with E-state index in [0.717, 1.165) is 10.8 Å². The fourth-order valence-corrected chi connectivity index (χ4v) is 1.97. The van der Waals surface area contributed by atoms with Gasteiger partial charge in [0.2, 0.25) is 0 Å². The van der Waals surface area contributed by atoms with Gasteiger partial charge in [-0.1, -0.05) is 0 Å². The predicted molar refractivity (Wildman–Crippen MR) is 66.9 cm³/mol. The van der Waals surface area contributed by atoms with Gasteiger partial charge in [0.1, 0.15) is 5.52 Å². The standard InChI is InChI=1S/C10H8F3N3O5S/c1-16-5-4-14-9(20-2)15-8(5)6(3-7(16)17)21-22(18,19)10(11,12)13/h3-4H,1-2H3. The molecule has 0 aliphatic rings. The summed E-state index contributed by atoms with van der Waals surface area (Å²) in [7, 11) is -3.43. The molecule has 0 unspecified atom stereocenters. The molecular formula is C10H8F3N3O5S. The molecular weight excluding hydrogens is 331 g/mol. The van der Waals surface area contributed by atoms with Gasteiger partial charge < -0.3 is 13.5 Å². The van der Waals surface area contributed by atoms with Crippen molar-refractivity contribution in [3.05, 3.63) is 22.6 Å². The van der Waals surface area contributed by atoms with Crippen LogP contribution in [0.3, 0.4) is 0 Å². The highest BCUT2D eigenvalue weighted by Gasteiger charge is 2.49. The van der Waals surface area contributed by atoms with Gasteiger partial charge in [-0.05, 0) is 0 Å². The molecule has 0 bridgehead atoms. The molecule has 22 heavy (non-hydrogen) atoms. The normalized spacial score (nSPS) is 12.4. The summed E-state index contributed by atoms with van der Waals surface area (Å²) in [6.07, 6.45) is 1.09. The van der Waals surface area contributed by atoms with Gasteiger partial charge in [-0.15, -0.1) is 0 Å². The lowest BCUT2D eigenvalue weighted by molar-refractivity contribution is -0.0499. The number of nitrogens with zero attached hydrogens (tertiary/aromatic N) is 3. The van der Waals surface area contributed by atoms with Crippen LogP contribution in [0.1, 0.15) is 0 Å². The van der Waals surface area contributed by atoms with Crippen LogP contribution in [-0.2, 0) is 17.2 Å². The molecule has 2 heterocycles. The molecule has 0 aromatic carbocycles. The van der Waals surface area contributed by atoms with Gasteiger partial charge >= 0.3 is 21.6 Å². The maximum atomic E-state index is 12.4. The summed E-state index contributed by atoms with van der Waals surface area (Å²) in [5.74, 6) is -0.865. The predicted octanol–water partition coefficient (Wildman–Crippen LogP) is 0.566. The van der Waals surface area contributed by atoms with Gasteiger partial charge in [0.25, 0.3) is 5.56 Å². The van der Waals surface area contributed by atoms with Crippen LogP contribution < -0.4 is 14.5 Å². The summed E-state index contributed by atoms with van der Waals surface area (Å²) < 4.78 is 69.1. The second-order valence-electron chi connectivity index (χ2n) is 3.98. The van der Waals surface area contributed by atoms with Gasteiger partial charge in [-0.3, -0.25) is 4.79 Å². The monoisotopic (exact) mass is 339 g/mol. The van der Waals surface area contributed by atoms with Crippen LogP contribution in [0.2, 0.25) is 0 Å². The second-order valence-corrected chi connectivity index (χ2v) is 5.52. The van der Waals surface area contributed by atoms with E-state index in [9.17, 15) is 26.4 Å². The van der Waals surface area contributed by atoms with Crippen molar-refractivity contribution in [3.63, 3.8) is 0 Å². The molecule has 0 atom stereocenters. The zero-order valence-corrected chi connectivity index (χ0v) is 11.9. The zero-order valence-electron chi connectivity index (χ0n) is 11.1. The Bertz CT molecular complexity index is 891. The molecule has 0 aliphatic heterocycles. The van der Waals surface area contributed by atoms with Crippen LogP contribution >= 0.6 is 0 Å². The van der Waals surface area contributed by atoms with Crippen molar-refractivity contribution in [2.24, 2.45) is 7.05 Å². The van der Waals surface area contributed by atoms with Crippen molar-refractivity contribution in [3.8, 4) is 11.8 Å². The highest BCUT2D eigenvalue weighted by atomic mass is 32.2. The van der Waals surface area contributed by atoms with Gasteiger partial charge in [-0.2, -0.15) is 26.6 Å². The molecule has 0 radical (unpaired) electrons. The number of alkyl halides is 3. The number of hydrogen-bond donors (Lipinski definition) is 0. The summed E-state index contributed by atoms with van der Waals surface area (Å²) in [6, 6.07) is 0.346. The zero-order chi connectivity index (χ0) is 16.7. The molecule has 2 aromatic heterocycles. The molecule has 0 aliphatic carbocycles. The van der Waals surface area contributed by atoms with E-state index in [1.807, 2.05) is 0 Å². The van der Waals surface area contributed by atoms with Gasteiger partial charge in [0.15, 0.2) is 5.75 Å². The number of aryl methyl sites for hydroxylation is 1. The Balaban J connectivity index is 2.73. The number of fused-ring (bicyclic) bond motifs is 1. The summed E-state index contributed by atoms with van der Waals surface area (Å²) in [5, 5.41) is 0. The van der Waals surface area contributed by atoms with E-state index in [1.165, 1.54) is 14.2 Å². The Morgan fingerprint density at radius 3 is 2.50 bits per heavy atom. The second kappa shape index (κ2) is 5.12. The van der Waals surface area contributed by atoms with Crippen LogP contribution in [0.5, 0.6) is 11.8 Å². The number of aromatic nitrogens is 3. The lowest BCUT2D eigenvalue weighted by atomic mass is 10.3. The average Bonchev–Trinajstić information content (AvgIpc) is 2.42. The van der Waals surface area contributed by atoms with E-state index >= 15 is 0 Å². The third-order valence-electron chi connectivity index (χ3n) is 2.59. The van der Waals surface area contributed by atoms with Crippen LogP contribution in [-0.4, -0.2) is 35.6 Å². The fraction of sp³-hybridized carbons (Fsp3) is 0.300. The van der Waals surface area contributed by atoms with Gasteiger partial charge in [0.05, 0.1) is 18.8 Å². The molecule has 0 N–H and O–H groups in total. The highest BCUT2D eigenvalue weighted by molar-refractivity contribution is 7.88. The van der Waals surface area contributed by atoms with Crippen molar-refractivity contribution in [1.29, 1.82) is 0 Å². The molecule has 0 saturated heterocycles. The molecule has 0 spiro atoms. The molecule has 2 aromatic rings. The Labute approximate surface area is 121 Å². The van der Waals surface area contributed by atoms with Crippen LogP contribution in [0.4, 0.5) is 13.2 Å². The van der Waals surface area contributed by atoms with Gasteiger partial charge in [0, 0.05) is 13.1 Å². The van der Waals surface area contributed by atoms with Crippen LogP contribution in [0.15, 0.2) is 17.1 Å². The summed E-state index contributed by atoms with van der Waals surface area (Å²) in [5.41, 5.74) is -6.78. The van der Waals surface area contributed by atoms with Crippen molar-refractivity contribution >= 4 is 21.2 Å². The first kappa shape index (κ1) is 16.0. The minimum atomic E-state index is -5.94. The van der Waals surface area contributed by atoms with Crippen molar-refractivity contribution < 1.29 is 30.5 Å². The molecule has 0 saturated carbocycles. The minimum Gasteiger partial charge on any atom is -0.467 e. The minimum absolute atomic E-state index is 0.0272. The smallest absolute Gasteiger partial charge is 0.467 e. The lowest BCUT2D eigenvalue weighted by Crippen LogP contribution is -2.29. The third-order valence-corrected chi connectivity index (χ3v) is 3.56. The van der Waals surface area contributed by atoms with Gasteiger partial charge in [-0.25, -0.2) is 4.98 Å². The Kier molecular flexibility index (Phi) is 3.73. The summed E-state index contributed by atoms with van der Waals surface area (Å²) >= 11 is 0. The highest BCUT2D eigenvalue weighted by Crippen LogP contribution is 2.30. The van der Waals surface area contributed by atoms with Crippen LogP contribution in [0, 0.1) is 0 Å². The SMILES string of the molecule is COc1ncc2c(n1)c(OS(=O)(=O)C(F)(F)F)cc(=O)n2C. The van der Waals surface area contributed by atoms with E-state index in [1.54, 1.807) is 0 Å².